The first kappa shape index (κ1) is 33.6. The van der Waals surface area contributed by atoms with Gasteiger partial charge in [0.25, 0.3) is 0 Å². The van der Waals surface area contributed by atoms with Gasteiger partial charge in [-0.2, -0.15) is 0 Å². The number of rotatable bonds is 5. The van der Waals surface area contributed by atoms with Crippen LogP contribution in [0.4, 0.5) is 9.59 Å². The minimum absolute atomic E-state index is 0.0178. The highest BCUT2D eigenvalue weighted by atomic mass is 16.6. The number of carbonyl (C=O) groups is 2. The standard InChI is InChI=1S/C41H47N5O4/c1-40(2,3)49-38(47)45-21-9-13-35(45)33-23-28(24-42-33)26-15-17-27(18-16-26)29-19-20-32(31-12-8-7-11-30(29)31)34-25-43-37(44-34)36-14-10-22-46(36)39(48)50-41(4,5)6/h7-8,11-12,15-20,24-25,35-36H,9-10,13-14,21-23H2,1-6H3,(H,43,44)/t35-,36-/m0/s1. The van der Waals surface area contributed by atoms with Crippen LogP contribution in [0, 0.1) is 0 Å². The van der Waals surface area contributed by atoms with E-state index >= 15 is 0 Å². The second kappa shape index (κ2) is 13.1. The van der Waals surface area contributed by atoms with E-state index in [9.17, 15) is 9.59 Å². The number of hydrogen-bond acceptors (Lipinski definition) is 6. The summed E-state index contributed by atoms with van der Waals surface area (Å²) in [7, 11) is 0. The summed E-state index contributed by atoms with van der Waals surface area (Å²) < 4.78 is 11.4. The van der Waals surface area contributed by atoms with Crippen molar-refractivity contribution in [1.82, 2.24) is 19.8 Å². The Kier molecular flexibility index (Phi) is 8.78. The molecule has 9 nitrogen and oxygen atoms in total. The van der Waals surface area contributed by atoms with Crippen LogP contribution in [0.5, 0.6) is 0 Å². The Labute approximate surface area is 294 Å². The van der Waals surface area contributed by atoms with Gasteiger partial charge in [0.2, 0.25) is 0 Å². The first-order valence-electron chi connectivity index (χ1n) is 17.8. The van der Waals surface area contributed by atoms with E-state index in [0.29, 0.717) is 13.1 Å². The quantitative estimate of drug-likeness (QED) is 0.227. The molecule has 1 N–H and O–H groups in total. The van der Waals surface area contributed by atoms with Gasteiger partial charge in [-0.1, -0.05) is 60.7 Å². The van der Waals surface area contributed by atoms with Crippen molar-refractivity contribution in [2.75, 3.05) is 13.1 Å². The summed E-state index contributed by atoms with van der Waals surface area (Å²) in [6.07, 6.45) is 7.62. The predicted octanol–water partition coefficient (Wildman–Crippen LogP) is 9.55. The largest absolute Gasteiger partial charge is 0.444 e. The van der Waals surface area contributed by atoms with E-state index in [4.69, 9.17) is 19.5 Å². The molecule has 3 aliphatic heterocycles. The topological polar surface area (TPSA) is 100 Å². The summed E-state index contributed by atoms with van der Waals surface area (Å²) in [5.74, 6) is 0.783. The van der Waals surface area contributed by atoms with Crippen molar-refractivity contribution in [3.05, 3.63) is 84.4 Å². The minimum atomic E-state index is -0.548. The molecule has 2 atom stereocenters. The summed E-state index contributed by atoms with van der Waals surface area (Å²) in [6, 6.07) is 21.3. The number of fused-ring (bicyclic) bond motifs is 1. The van der Waals surface area contributed by atoms with Crippen molar-refractivity contribution in [3.8, 4) is 22.4 Å². The minimum Gasteiger partial charge on any atom is -0.444 e. The zero-order valence-corrected chi connectivity index (χ0v) is 30.0. The number of aromatic nitrogens is 2. The van der Waals surface area contributed by atoms with Crippen molar-refractivity contribution < 1.29 is 19.1 Å². The van der Waals surface area contributed by atoms with Gasteiger partial charge in [0, 0.05) is 37.0 Å². The first-order valence-corrected chi connectivity index (χ1v) is 17.8. The molecule has 4 heterocycles. The van der Waals surface area contributed by atoms with Crippen LogP contribution < -0.4 is 0 Å². The molecule has 2 amide bonds. The molecule has 3 aliphatic rings. The van der Waals surface area contributed by atoms with Gasteiger partial charge < -0.3 is 14.5 Å². The zero-order chi connectivity index (χ0) is 35.2. The second-order valence-electron chi connectivity index (χ2n) is 15.6. The predicted molar refractivity (Wildman–Crippen MR) is 198 cm³/mol. The van der Waals surface area contributed by atoms with Crippen molar-refractivity contribution in [2.45, 2.75) is 96.9 Å². The summed E-state index contributed by atoms with van der Waals surface area (Å²) in [4.78, 5) is 42.5. The van der Waals surface area contributed by atoms with Gasteiger partial charge in [-0.3, -0.25) is 14.8 Å². The number of imidazole rings is 1. The SMILES string of the molecule is CC(C)(C)OC(=O)N1CCC[C@H]1C1=NC=C(c2ccc(-c3ccc(-c4cnc([C@@H]5CCCN5C(=O)OC(C)(C)C)[nH]4)c4ccccc34)cc2)C1. The van der Waals surface area contributed by atoms with Crippen LogP contribution in [-0.4, -0.2) is 68.0 Å². The lowest BCUT2D eigenvalue weighted by Crippen LogP contribution is -2.43. The van der Waals surface area contributed by atoms with Gasteiger partial charge in [0.05, 0.1) is 24.0 Å². The number of carbonyl (C=O) groups excluding carboxylic acids is 2. The van der Waals surface area contributed by atoms with Crippen LogP contribution in [-0.2, 0) is 9.47 Å². The number of amides is 2. The molecule has 7 rings (SSSR count). The Hall–Kier alpha value is -4.92. The van der Waals surface area contributed by atoms with E-state index in [0.717, 1.165) is 87.9 Å². The fraction of sp³-hybridized carbons (Fsp3) is 0.415. The Morgan fingerprint density at radius 1 is 0.740 bits per heavy atom. The monoisotopic (exact) mass is 673 g/mol. The van der Waals surface area contributed by atoms with Gasteiger partial charge in [0.1, 0.15) is 17.0 Å². The molecule has 0 radical (unpaired) electrons. The Balaban J connectivity index is 1.08. The molecule has 2 saturated heterocycles. The Morgan fingerprint density at radius 3 is 1.94 bits per heavy atom. The molecule has 0 bridgehead atoms. The number of hydrogen-bond donors (Lipinski definition) is 1. The molecule has 260 valence electrons. The van der Waals surface area contributed by atoms with E-state index < -0.39 is 11.2 Å². The third kappa shape index (κ3) is 6.91. The number of allylic oxidation sites excluding steroid dienone is 1. The number of nitrogens with zero attached hydrogens (tertiary/aromatic N) is 4. The lowest BCUT2D eigenvalue weighted by atomic mass is 9.92. The van der Waals surface area contributed by atoms with Gasteiger partial charge in [-0.25, -0.2) is 14.6 Å². The van der Waals surface area contributed by atoms with Crippen molar-refractivity contribution in [2.24, 2.45) is 4.99 Å². The lowest BCUT2D eigenvalue weighted by Gasteiger charge is -2.28. The molecule has 1 aromatic heterocycles. The summed E-state index contributed by atoms with van der Waals surface area (Å²) in [5, 5.41) is 2.28. The van der Waals surface area contributed by atoms with Crippen LogP contribution in [0.2, 0.25) is 0 Å². The van der Waals surface area contributed by atoms with Gasteiger partial charge in [0.15, 0.2) is 0 Å². The van der Waals surface area contributed by atoms with Crippen LogP contribution >= 0.6 is 0 Å². The fourth-order valence-electron chi connectivity index (χ4n) is 7.36. The normalized spacial score (nSPS) is 19.6. The summed E-state index contributed by atoms with van der Waals surface area (Å²) >= 11 is 0. The summed E-state index contributed by atoms with van der Waals surface area (Å²) in [6.45, 7) is 12.7. The average Bonchev–Trinajstić information content (AvgIpc) is 3.89. The maximum atomic E-state index is 12.9. The lowest BCUT2D eigenvalue weighted by molar-refractivity contribution is 0.0216. The number of aromatic amines is 1. The zero-order valence-electron chi connectivity index (χ0n) is 30.0. The van der Waals surface area contributed by atoms with E-state index in [2.05, 4.69) is 65.6 Å². The number of benzene rings is 3. The summed E-state index contributed by atoms with van der Waals surface area (Å²) in [5.41, 5.74) is 6.52. The molecular weight excluding hydrogens is 626 g/mol. The molecule has 0 unspecified atom stereocenters. The van der Waals surface area contributed by atoms with Crippen LogP contribution in [0.15, 0.2) is 78.1 Å². The number of aliphatic imine (C=N–C) groups is 1. The van der Waals surface area contributed by atoms with Crippen LogP contribution in [0.1, 0.15) is 91.1 Å². The number of likely N-dealkylation sites (tertiary alicyclic amines) is 2. The fourth-order valence-corrected chi connectivity index (χ4v) is 7.36. The molecule has 50 heavy (non-hydrogen) atoms. The van der Waals surface area contributed by atoms with Crippen molar-refractivity contribution in [1.29, 1.82) is 0 Å². The van der Waals surface area contributed by atoms with Crippen LogP contribution in [0.25, 0.3) is 38.7 Å². The molecule has 4 aromatic rings. The molecule has 0 saturated carbocycles. The molecular formula is C41H47N5O4. The van der Waals surface area contributed by atoms with E-state index in [-0.39, 0.29) is 24.3 Å². The van der Waals surface area contributed by atoms with Gasteiger partial charge in [-0.05, 0) is 100 Å². The third-order valence-corrected chi connectivity index (χ3v) is 9.60. The maximum Gasteiger partial charge on any atom is 0.410 e. The van der Waals surface area contributed by atoms with Crippen LogP contribution in [0.3, 0.4) is 0 Å². The van der Waals surface area contributed by atoms with Crippen molar-refractivity contribution in [3.63, 3.8) is 0 Å². The number of H-pyrrole nitrogens is 1. The average molecular weight is 674 g/mol. The Morgan fingerprint density at radius 2 is 1.30 bits per heavy atom. The highest BCUT2D eigenvalue weighted by molar-refractivity contribution is 6.05. The van der Waals surface area contributed by atoms with E-state index in [1.165, 1.54) is 0 Å². The number of ether oxygens (including phenoxy) is 2. The van der Waals surface area contributed by atoms with E-state index in [1.807, 2.05) is 58.8 Å². The van der Waals surface area contributed by atoms with Crippen molar-refractivity contribution >= 4 is 34.2 Å². The first-order chi connectivity index (χ1) is 23.8. The van der Waals surface area contributed by atoms with Gasteiger partial charge in [-0.15, -0.1) is 0 Å². The Bertz CT molecular complexity index is 1980. The molecule has 0 aliphatic carbocycles. The van der Waals surface area contributed by atoms with E-state index in [1.54, 1.807) is 4.90 Å². The molecule has 0 spiro atoms. The smallest absolute Gasteiger partial charge is 0.410 e. The molecule has 3 aromatic carbocycles. The van der Waals surface area contributed by atoms with Gasteiger partial charge >= 0.3 is 12.2 Å². The number of nitrogens with one attached hydrogen (secondary N) is 1. The highest BCUT2D eigenvalue weighted by Crippen LogP contribution is 2.38. The third-order valence-electron chi connectivity index (χ3n) is 9.60. The highest BCUT2D eigenvalue weighted by Gasteiger charge is 2.37. The molecule has 9 heteroatoms. The molecule has 2 fully saturated rings. The second-order valence-corrected chi connectivity index (χ2v) is 15.6. The maximum absolute atomic E-state index is 12.9.